The van der Waals surface area contributed by atoms with Crippen LogP contribution in [0.1, 0.15) is 12.8 Å². The Hall–Kier alpha value is -0.0109. The van der Waals surface area contributed by atoms with Gasteiger partial charge >= 0.3 is 91.0 Å². The van der Waals surface area contributed by atoms with Crippen LogP contribution in [0.2, 0.25) is 0 Å². The molecule has 0 aromatic rings. The minimum atomic E-state index is -0.797. The average Bonchev–Trinajstić information content (AvgIpc) is 1.87. The number of aliphatic carboxylic acids is 2. The van der Waals surface area contributed by atoms with Gasteiger partial charge in [0.05, 0.1) is 0 Å². The molecule has 0 spiro atoms. The molecule has 0 rings (SSSR count). The van der Waals surface area contributed by atoms with E-state index in [1.807, 2.05) is 0 Å². The van der Waals surface area contributed by atoms with Crippen molar-refractivity contribution < 1.29 is 19.8 Å². The predicted molar refractivity (Wildman–Crippen MR) is 48.1 cm³/mol. The zero-order chi connectivity index (χ0) is 9.98. The fraction of sp³-hybridized carbons (Fsp3) is 0.333. The average molecular weight is 351 g/mol. The maximum absolute atomic E-state index is 9.57. The van der Waals surface area contributed by atoms with Crippen molar-refractivity contribution in [3.8, 4) is 0 Å². The number of hydrogen-bond acceptors (Lipinski definition) is 2. The van der Waals surface area contributed by atoms with E-state index in [1.54, 1.807) is 25.9 Å². The SMILES string of the molecule is O=C(O)CC=[Se].O=C(O)CC=[Te]. The monoisotopic (exact) mass is 354 g/mol. The van der Waals surface area contributed by atoms with E-state index in [4.69, 9.17) is 10.2 Å². The van der Waals surface area contributed by atoms with E-state index >= 15 is 0 Å². The Bertz CT molecular complexity index is 160. The third kappa shape index (κ3) is 22.5. The first-order valence-corrected chi connectivity index (χ1v) is 5.18. The van der Waals surface area contributed by atoms with Gasteiger partial charge in [-0.2, -0.15) is 0 Å². The summed E-state index contributed by atoms with van der Waals surface area (Å²) in [5.74, 6) is -1.56. The van der Waals surface area contributed by atoms with E-state index in [2.05, 4.69) is 15.6 Å². The van der Waals surface area contributed by atoms with Crippen LogP contribution in [-0.4, -0.2) is 68.5 Å². The molecule has 0 bridgehead atoms. The summed E-state index contributed by atoms with van der Waals surface area (Å²) in [5, 5.41) is 15.7. The van der Waals surface area contributed by atoms with E-state index in [0.717, 1.165) is 0 Å². The van der Waals surface area contributed by atoms with Gasteiger partial charge in [-0.3, -0.25) is 0 Å². The third-order valence-electron chi connectivity index (χ3n) is 0.516. The van der Waals surface area contributed by atoms with Gasteiger partial charge in [-0.05, 0) is 0 Å². The van der Waals surface area contributed by atoms with Gasteiger partial charge in [0.15, 0.2) is 0 Å². The van der Waals surface area contributed by atoms with Crippen molar-refractivity contribution in [3.05, 3.63) is 0 Å². The van der Waals surface area contributed by atoms with Gasteiger partial charge in [0.1, 0.15) is 0 Å². The Balaban J connectivity index is 0. The number of carboxylic acid groups (broad SMARTS) is 2. The molecule has 68 valence electrons. The van der Waals surface area contributed by atoms with Crippen LogP contribution >= 0.6 is 0 Å². The molecule has 0 aliphatic rings. The summed E-state index contributed by atoms with van der Waals surface area (Å²) in [6, 6.07) is 0. The summed E-state index contributed by atoms with van der Waals surface area (Å²) in [5.41, 5.74) is 0. The van der Waals surface area contributed by atoms with Crippen LogP contribution in [-0.2, 0) is 9.59 Å². The summed E-state index contributed by atoms with van der Waals surface area (Å²) in [4.78, 5) is 20.6. The maximum atomic E-state index is 9.57. The molecule has 6 heteroatoms. The summed E-state index contributed by atoms with van der Waals surface area (Å²) < 4.78 is 1.61. The summed E-state index contributed by atoms with van der Waals surface area (Å²) in [7, 11) is 0. The van der Waals surface area contributed by atoms with Crippen molar-refractivity contribution in [3.63, 3.8) is 0 Å². The first-order valence-electron chi connectivity index (χ1n) is 2.85. The van der Waals surface area contributed by atoms with E-state index in [0.29, 0.717) is 0 Å². The molecule has 0 heterocycles. The molecule has 0 aromatic heterocycles. The molecular formula is C6H8O4SeTe. The Morgan fingerprint density at radius 2 is 1.67 bits per heavy atom. The van der Waals surface area contributed by atoms with E-state index in [9.17, 15) is 9.59 Å². The van der Waals surface area contributed by atoms with E-state index in [-0.39, 0.29) is 12.8 Å². The minimum absolute atomic E-state index is 0.111. The normalized spacial score (nSPS) is 7.33. The molecule has 0 atom stereocenters. The van der Waals surface area contributed by atoms with Gasteiger partial charge in [0.2, 0.25) is 0 Å². The van der Waals surface area contributed by atoms with Crippen molar-refractivity contribution in [1.82, 2.24) is 0 Å². The first kappa shape index (κ1) is 14.5. The molecular weight excluding hydrogens is 343 g/mol. The molecule has 0 aliphatic carbocycles. The molecule has 0 unspecified atom stereocenters. The summed E-state index contributed by atoms with van der Waals surface area (Å²) >= 11 is 4.12. The van der Waals surface area contributed by atoms with Crippen LogP contribution in [0.15, 0.2) is 0 Å². The number of rotatable bonds is 4. The second-order valence-corrected chi connectivity index (χ2v) is 3.18. The van der Waals surface area contributed by atoms with Crippen LogP contribution in [0, 0.1) is 0 Å². The fourth-order valence-corrected chi connectivity index (χ4v) is 0.849. The van der Waals surface area contributed by atoms with Gasteiger partial charge in [0.25, 0.3) is 0 Å². The first-order chi connectivity index (χ1) is 5.54. The molecule has 0 amide bonds. The quantitative estimate of drug-likeness (QED) is 0.629. The van der Waals surface area contributed by atoms with Crippen LogP contribution in [0.4, 0.5) is 0 Å². The molecule has 0 saturated carbocycles. The van der Waals surface area contributed by atoms with Crippen LogP contribution < -0.4 is 0 Å². The van der Waals surface area contributed by atoms with Gasteiger partial charge in [-0.15, -0.1) is 0 Å². The standard InChI is InChI=1S/C3H4O2Se.C3H4O2Te/c2*4-3(5)1-2-6/h2*2H,1H2,(H,4,5). The number of carboxylic acids is 2. The van der Waals surface area contributed by atoms with Crippen molar-refractivity contribution in [1.29, 1.82) is 0 Å². The Morgan fingerprint density at radius 1 is 1.25 bits per heavy atom. The number of carbonyl (C=O) groups is 2. The Kier molecular flexibility index (Phi) is 13.3. The predicted octanol–water partition coefficient (Wildman–Crippen LogP) is -1.14. The molecule has 0 aromatic carbocycles. The van der Waals surface area contributed by atoms with Gasteiger partial charge in [0, 0.05) is 0 Å². The topological polar surface area (TPSA) is 74.6 Å². The zero-order valence-corrected chi connectivity index (χ0v) is 10.1. The van der Waals surface area contributed by atoms with E-state index in [1.165, 1.54) is 4.92 Å². The van der Waals surface area contributed by atoms with Crippen molar-refractivity contribution in [2.24, 2.45) is 0 Å². The Morgan fingerprint density at radius 3 is 1.67 bits per heavy atom. The number of hydrogen-bond donors (Lipinski definition) is 2. The fourth-order valence-electron chi connectivity index (χ4n) is 0.143. The second-order valence-electron chi connectivity index (χ2n) is 1.53. The van der Waals surface area contributed by atoms with Crippen molar-refractivity contribution in [2.45, 2.75) is 12.8 Å². The van der Waals surface area contributed by atoms with Gasteiger partial charge < -0.3 is 0 Å². The second kappa shape index (κ2) is 11.0. The molecule has 2 N–H and O–H groups in total. The van der Waals surface area contributed by atoms with Crippen LogP contribution in [0.5, 0.6) is 0 Å². The van der Waals surface area contributed by atoms with Crippen LogP contribution in [0.25, 0.3) is 0 Å². The van der Waals surface area contributed by atoms with Gasteiger partial charge in [-0.25, -0.2) is 0 Å². The zero-order valence-electron chi connectivity index (χ0n) is 6.10. The summed E-state index contributed by atoms with van der Waals surface area (Å²) in [6.45, 7) is 0. The van der Waals surface area contributed by atoms with Crippen molar-refractivity contribution >= 4 is 58.3 Å². The molecule has 0 fully saturated rings. The molecule has 12 heavy (non-hydrogen) atoms. The molecule has 0 aliphatic heterocycles. The third-order valence-corrected chi connectivity index (χ3v) is 1.34. The van der Waals surface area contributed by atoms with E-state index < -0.39 is 11.9 Å². The van der Waals surface area contributed by atoms with Gasteiger partial charge in [-0.1, -0.05) is 0 Å². The molecule has 0 saturated heterocycles. The Labute approximate surface area is 90.7 Å². The van der Waals surface area contributed by atoms with Crippen LogP contribution in [0.3, 0.4) is 0 Å². The van der Waals surface area contributed by atoms with Crippen molar-refractivity contribution in [2.75, 3.05) is 0 Å². The molecule has 4 nitrogen and oxygen atoms in total. The summed E-state index contributed by atoms with van der Waals surface area (Å²) in [6.07, 6.45) is 0.282. The molecule has 0 radical (unpaired) electrons.